The SMILES string of the molecule is Cc1cccc(CSCCCNC(=O)CN(c2cc(C)cc(C)c2)S(=O)(=O)c2ccccc2)c1. The van der Waals surface area contributed by atoms with Crippen molar-refractivity contribution in [3.05, 3.63) is 95.1 Å². The lowest BCUT2D eigenvalue weighted by molar-refractivity contribution is -0.119. The maximum atomic E-state index is 13.4. The Morgan fingerprint density at radius 1 is 0.882 bits per heavy atom. The largest absolute Gasteiger partial charge is 0.354 e. The summed E-state index contributed by atoms with van der Waals surface area (Å²) in [5.41, 5.74) is 4.92. The summed E-state index contributed by atoms with van der Waals surface area (Å²) in [6.45, 7) is 6.15. The predicted octanol–water partition coefficient (Wildman–Crippen LogP) is 5.25. The number of carbonyl (C=O) groups excluding carboxylic acids is 1. The third-order valence-electron chi connectivity index (χ3n) is 5.25. The zero-order valence-electron chi connectivity index (χ0n) is 20.0. The van der Waals surface area contributed by atoms with Gasteiger partial charge in [-0.05, 0) is 73.9 Å². The molecule has 0 spiro atoms. The number of anilines is 1. The Balaban J connectivity index is 1.60. The lowest BCUT2D eigenvalue weighted by atomic mass is 10.1. The van der Waals surface area contributed by atoms with Crippen molar-refractivity contribution in [3.63, 3.8) is 0 Å². The van der Waals surface area contributed by atoms with Crippen LogP contribution in [0.4, 0.5) is 5.69 Å². The summed E-state index contributed by atoms with van der Waals surface area (Å²) in [7, 11) is -3.89. The summed E-state index contributed by atoms with van der Waals surface area (Å²) in [5, 5.41) is 2.89. The van der Waals surface area contributed by atoms with E-state index in [-0.39, 0.29) is 17.3 Å². The quantitative estimate of drug-likeness (QED) is 0.368. The van der Waals surface area contributed by atoms with Crippen LogP contribution in [0, 0.1) is 20.8 Å². The topological polar surface area (TPSA) is 66.5 Å². The molecule has 0 unspecified atom stereocenters. The normalized spacial score (nSPS) is 11.3. The molecule has 0 fully saturated rings. The molecule has 0 aromatic heterocycles. The number of sulfonamides is 1. The van der Waals surface area contributed by atoms with E-state index in [1.54, 1.807) is 42.5 Å². The van der Waals surface area contributed by atoms with Crippen molar-refractivity contribution in [2.75, 3.05) is 23.1 Å². The second-order valence-corrected chi connectivity index (χ2v) is 11.4. The van der Waals surface area contributed by atoms with Gasteiger partial charge in [0.1, 0.15) is 6.54 Å². The number of amides is 1. The highest BCUT2D eigenvalue weighted by Gasteiger charge is 2.27. The fourth-order valence-electron chi connectivity index (χ4n) is 3.71. The summed E-state index contributed by atoms with van der Waals surface area (Å²) in [6.07, 6.45) is 0.817. The fourth-order valence-corrected chi connectivity index (χ4v) is 6.04. The van der Waals surface area contributed by atoms with Crippen LogP contribution in [0.3, 0.4) is 0 Å². The standard InChI is InChI=1S/C27H32N2O3S2/c1-21-9-7-10-24(16-21)20-33-14-8-13-28-27(30)19-29(25-17-22(2)15-23(3)18-25)34(31,32)26-11-5-4-6-12-26/h4-7,9-12,15-18H,8,13-14,19-20H2,1-3H3,(H,28,30). The Kier molecular flexibility index (Phi) is 9.19. The maximum absolute atomic E-state index is 13.4. The summed E-state index contributed by atoms with van der Waals surface area (Å²) in [5.74, 6) is 1.53. The number of carbonyl (C=O) groups is 1. The van der Waals surface area contributed by atoms with Crippen LogP contribution in [0.15, 0.2) is 77.7 Å². The summed E-state index contributed by atoms with van der Waals surface area (Å²) < 4.78 is 28.0. The van der Waals surface area contributed by atoms with Gasteiger partial charge in [0.2, 0.25) is 5.91 Å². The van der Waals surface area contributed by atoms with E-state index >= 15 is 0 Å². The highest BCUT2D eigenvalue weighted by molar-refractivity contribution is 7.98. The Morgan fingerprint density at radius 2 is 1.59 bits per heavy atom. The first-order chi connectivity index (χ1) is 16.3. The number of nitrogens with zero attached hydrogens (tertiary/aromatic N) is 1. The van der Waals surface area contributed by atoms with Crippen LogP contribution < -0.4 is 9.62 Å². The molecule has 180 valence electrons. The van der Waals surface area contributed by atoms with Gasteiger partial charge in [-0.1, -0.05) is 54.1 Å². The van der Waals surface area contributed by atoms with Gasteiger partial charge in [0, 0.05) is 12.3 Å². The van der Waals surface area contributed by atoms with Gasteiger partial charge in [0.25, 0.3) is 10.0 Å². The molecule has 1 N–H and O–H groups in total. The molecule has 0 heterocycles. The second-order valence-electron chi connectivity index (χ2n) is 8.42. The average molecular weight is 497 g/mol. The van der Waals surface area contributed by atoms with Crippen LogP contribution in [-0.2, 0) is 20.6 Å². The van der Waals surface area contributed by atoms with E-state index in [1.165, 1.54) is 15.4 Å². The first kappa shape index (κ1) is 25.8. The van der Waals surface area contributed by atoms with Crippen molar-refractivity contribution in [2.45, 2.75) is 37.8 Å². The lowest BCUT2D eigenvalue weighted by Gasteiger charge is -2.25. The molecule has 34 heavy (non-hydrogen) atoms. The van der Waals surface area contributed by atoms with E-state index in [9.17, 15) is 13.2 Å². The Morgan fingerprint density at radius 3 is 2.26 bits per heavy atom. The van der Waals surface area contributed by atoms with Crippen molar-refractivity contribution < 1.29 is 13.2 Å². The van der Waals surface area contributed by atoms with Crippen molar-refractivity contribution in [1.82, 2.24) is 5.32 Å². The monoisotopic (exact) mass is 496 g/mol. The molecule has 5 nitrogen and oxygen atoms in total. The van der Waals surface area contributed by atoms with Crippen LogP contribution in [0.25, 0.3) is 0 Å². The molecule has 0 atom stereocenters. The number of thioether (sulfide) groups is 1. The Hall–Kier alpha value is -2.77. The summed E-state index contributed by atoms with van der Waals surface area (Å²) in [6, 6.07) is 22.3. The van der Waals surface area contributed by atoms with Crippen LogP contribution in [0.5, 0.6) is 0 Å². The average Bonchev–Trinajstić information content (AvgIpc) is 2.79. The number of benzene rings is 3. The second kappa shape index (κ2) is 12.1. The first-order valence-electron chi connectivity index (χ1n) is 11.3. The fraction of sp³-hybridized carbons (Fsp3) is 0.296. The van der Waals surface area contributed by atoms with Gasteiger partial charge in [0.05, 0.1) is 10.6 Å². The molecule has 0 radical (unpaired) electrons. The molecule has 0 aliphatic heterocycles. The van der Waals surface area contributed by atoms with Crippen molar-refractivity contribution in [3.8, 4) is 0 Å². The maximum Gasteiger partial charge on any atom is 0.264 e. The van der Waals surface area contributed by atoms with E-state index in [1.807, 2.05) is 31.7 Å². The molecule has 0 aliphatic rings. The van der Waals surface area contributed by atoms with Gasteiger partial charge in [-0.25, -0.2) is 8.42 Å². The molecule has 3 aromatic rings. The number of hydrogen-bond donors (Lipinski definition) is 1. The summed E-state index contributed by atoms with van der Waals surface area (Å²) >= 11 is 1.82. The molecule has 0 saturated heterocycles. The van der Waals surface area contributed by atoms with Crippen molar-refractivity contribution in [2.24, 2.45) is 0 Å². The Labute approximate surface area is 207 Å². The molecule has 0 aliphatic carbocycles. The molecule has 0 bridgehead atoms. The summed E-state index contributed by atoms with van der Waals surface area (Å²) in [4.78, 5) is 12.9. The number of rotatable bonds is 11. The van der Waals surface area contributed by atoms with Gasteiger partial charge in [-0.3, -0.25) is 9.10 Å². The Bertz CT molecular complexity index is 1190. The lowest BCUT2D eigenvalue weighted by Crippen LogP contribution is -2.41. The first-order valence-corrected chi connectivity index (χ1v) is 13.9. The van der Waals surface area contributed by atoms with Crippen LogP contribution in [0.2, 0.25) is 0 Å². The van der Waals surface area contributed by atoms with Crippen LogP contribution in [-0.4, -0.2) is 33.2 Å². The van der Waals surface area contributed by atoms with Crippen LogP contribution in [0.1, 0.15) is 28.7 Å². The van der Waals surface area contributed by atoms with E-state index in [0.717, 1.165) is 29.1 Å². The smallest absolute Gasteiger partial charge is 0.264 e. The van der Waals surface area contributed by atoms with Gasteiger partial charge in [0.15, 0.2) is 0 Å². The van der Waals surface area contributed by atoms with Crippen LogP contribution >= 0.6 is 11.8 Å². The molecule has 3 aromatic carbocycles. The minimum Gasteiger partial charge on any atom is -0.354 e. The minimum absolute atomic E-state index is 0.162. The van der Waals surface area contributed by atoms with Gasteiger partial charge in [-0.2, -0.15) is 11.8 Å². The number of nitrogens with one attached hydrogen (secondary N) is 1. The third-order valence-corrected chi connectivity index (χ3v) is 8.15. The minimum atomic E-state index is -3.89. The molecule has 7 heteroatoms. The van der Waals surface area contributed by atoms with Crippen molar-refractivity contribution >= 4 is 33.4 Å². The zero-order chi connectivity index (χ0) is 24.6. The van der Waals surface area contributed by atoms with E-state index < -0.39 is 10.0 Å². The molecule has 3 rings (SSSR count). The van der Waals surface area contributed by atoms with Crippen molar-refractivity contribution in [1.29, 1.82) is 0 Å². The highest BCUT2D eigenvalue weighted by atomic mass is 32.2. The predicted molar refractivity (Wildman–Crippen MR) is 142 cm³/mol. The van der Waals surface area contributed by atoms with Gasteiger partial charge in [-0.15, -0.1) is 0 Å². The number of aryl methyl sites for hydroxylation is 3. The number of hydrogen-bond acceptors (Lipinski definition) is 4. The molecular weight excluding hydrogens is 464 g/mol. The van der Waals surface area contributed by atoms with E-state index in [2.05, 4.69) is 36.5 Å². The van der Waals surface area contributed by atoms with E-state index in [4.69, 9.17) is 0 Å². The molecule has 1 amide bonds. The molecular formula is C27H32N2O3S2. The van der Waals surface area contributed by atoms with Gasteiger partial charge >= 0.3 is 0 Å². The zero-order valence-corrected chi connectivity index (χ0v) is 21.6. The van der Waals surface area contributed by atoms with Gasteiger partial charge < -0.3 is 5.32 Å². The van der Waals surface area contributed by atoms with E-state index in [0.29, 0.717) is 12.2 Å². The molecule has 0 saturated carbocycles. The third kappa shape index (κ3) is 7.37. The highest BCUT2D eigenvalue weighted by Crippen LogP contribution is 2.25.